The van der Waals surface area contributed by atoms with Crippen molar-refractivity contribution in [2.24, 2.45) is 0 Å². The first kappa shape index (κ1) is 11.9. The average molecular weight is 266 g/mol. The number of likely N-dealkylation sites (tertiary alicyclic amines) is 1. The third-order valence-corrected chi connectivity index (χ3v) is 4.83. The molecule has 1 N–H and O–H groups in total. The first-order valence-electron chi connectivity index (χ1n) is 7.47. The molecule has 1 aromatic heterocycles. The Balaban J connectivity index is 1.58. The maximum Gasteiger partial charge on any atom is 0.111 e. The lowest BCUT2D eigenvalue weighted by Gasteiger charge is -2.34. The largest absolute Gasteiger partial charge is 0.342 e. The van der Waals surface area contributed by atoms with E-state index in [0.717, 1.165) is 29.4 Å². The van der Waals surface area contributed by atoms with Crippen molar-refractivity contribution in [3.8, 4) is 6.07 Å². The van der Waals surface area contributed by atoms with Gasteiger partial charge in [-0.3, -0.25) is 4.90 Å². The van der Waals surface area contributed by atoms with Gasteiger partial charge in [-0.1, -0.05) is 6.42 Å². The Kier molecular flexibility index (Phi) is 2.75. The molecule has 0 radical (unpaired) electrons. The molecule has 1 atom stereocenters. The number of imidazole rings is 1. The van der Waals surface area contributed by atoms with E-state index in [1.165, 1.54) is 32.2 Å². The summed E-state index contributed by atoms with van der Waals surface area (Å²) in [7, 11) is 0. The molecule has 2 aromatic rings. The highest BCUT2D eigenvalue weighted by molar-refractivity contribution is 5.76. The van der Waals surface area contributed by atoms with E-state index in [2.05, 4.69) is 16.0 Å². The summed E-state index contributed by atoms with van der Waals surface area (Å²) in [5, 5.41) is 8.95. The second-order valence-electron chi connectivity index (χ2n) is 6.03. The zero-order valence-electron chi connectivity index (χ0n) is 11.5. The van der Waals surface area contributed by atoms with Gasteiger partial charge in [0.2, 0.25) is 0 Å². The molecule has 4 rings (SSSR count). The van der Waals surface area contributed by atoms with E-state index >= 15 is 0 Å². The summed E-state index contributed by atoms with van der Waals surface area (Å²) in [6, 6.07) is 8.67. The van der Waals surface area contributed by atoms with Gasteiger partial charge in [0.05, 0.1) is 22.7 Å². The van der Waals surface area contributed by atoms with Crippen LogP contribution in [0.3, 0.4) is 0 Å². The molecule has 4 nitrogen and oxygen atoms in total. The number of aromatic nitrogens is 2. The van der Waals surface area contributed by atoms with Crippen LogP contribution in [0.4, 0.5) is 0 Å². The topological polar surface area (TPSA) is 55.7 Å². The van der Waals surface area contributed by atoms with Crippen LogP contribution in [-0.2, 0) is 0 Å². The van der Waals surface area contributed by atoms with Gasteiger partial charge in [-0.2, -0.15) is 5.26 Å². The Hall–Kier alpha value is -1.86. The van der Waals surface area contributed by atoms with Crippen molar-refractivity contribution in [3.63, 3.8) is 0 Å². The number of fused-ring (bicyclic) bond motifs is 1. The Morgan fingerprint density at radius 1 is 1.30 bits per heavy atom. The van der Waals surface area contributed by atoms with Crippen LogP contribution in [0, 0.1) is 11.3 Å². The summed E-state index contributed by atoms with van der Waals surface area (Å²) >= 11 is 0. The zero-order valence-corrected chi connectivity index (χ0v) is 11.5. The number of nitrogens with zero attached hydrogens (tertiary/aromatic N) is 3. The molecule has 2 heterocycles. The van der Waals surface area contributed by atoms with Gasteiger partial charge in [0, 0.05) is 18.5 Å². The number of rotatable bonds is 2. The molecule has 1 aromatic carbocycles. The van der Waals surface area contributed by atoms with Gasteiger partial charge in [-0.15, -0.1) is 0 Å². The summed E-state index contributed by atoms with van der Waals surface area (Å²) < 4.78 is 0. The Labute approximate surface area is 118 Å². The van der Waals surface area contributed by atoms with E-state index in [-0.39, 0.29) is 0 Å². The van der Waals surface area contributed by atoms with Crippen molar-refractivity contribution in [1.29, 1.82) is 5.26 Å². The van der Waals surface area contributed by atoms with E-state index in [9.17, 15) is 0 Å². The van der Waals surface area contributed by atoms with E-state index in [1.807, 2.05) is 18.2 Å². The predicted molar refractivity (Wildman–Crippen MR) is 77.4 cm³/mol. The smallest absolute Gasteiger partial charge is 0.111 e. The van der Waals surface area contributed by atoms with E-state index in [1.54, 1.807) is 0 Å². The Bertz CT molecular complexity index is 677. The van der Waals surface area contributed by atoms with Crippen LogP contribution >= 0.6 is 0 Å². The monoisotopic (exact) mass is 266 g/mol. The summed E-state index contributed by atoms with van der Waals surface area (Å²) in [5.41, 5.74) is 2.65. The number of hydrogen-bond donors (Lipinski definition) is 1. The van der Waals surface area contributed by atoms with Crippen molar-refractivity contribution in [3.05, 3.63) is 29.6 Å². The first-order chi connectivity index (χ1) is 9.83. The van der Waals surface area contributed by atoms with Gasteiger partial charge < -0.3 is 4.98 Å². The SMILES string of the molecule is N#Cc1ccc2nc(C3CCN(C4CCC4)C3)[nH]c2c1. The summed E-state index contributed by atoms with van der Waals surface area (Å²) in [6.07, 6.45) is 5.34. The van der Waals surface area contributed by atoms with Crippen LogP contribution in [-0.4, -0.2) is 34.0 Å². The zero-order chi connectivity index (χ0) is 13.5. The van der Waals surface area contributed by atoms with Crippen molar-refractivity contribution in [1.82, 2.24) is 14.9 Å². The van der Waals surface area contributed by atoms with Crippen LogP contribution in [0.25, 0.3) is 11.0 Å². The molecule has 2 fully saturated rings. The van der Waals surface area contributed by atoms with Gasteiger partial charge in [0.1, 0.15) is 5.82 Å². The molecule has 1 aliphatic heterocycles. The fourth-order valence-corrected chi connectivity index (χ4v) is 3.39. The number of benzene rings is 1. The molecular weight excluding hydrogens is 248 g/mol. The molecule has 1 saturated heterocycles. The molecule has 1 saturated carbocycles. The predicted octanol–water partition coefficient (Wildman–Crippen LogP) is 2.78. The van der Waals surface area contributed by atoms with Gasteiger partial charge in [-0.05, 0) is 44.0 Å². The fraction of sp³-hybridized carbons (Fsp3) is 0.500. The van der Waals surface area contributed by atoms with Crippen LogP contribution < -0.4 is 0 Å². The fourth-order valence-electron chi connectivity index (χ4n) is 3.39. The van der Waals surface area contributed by atoms with Crippen molar-refractivity contribution < 1.29 is 0 Å². The van der Waals surface area contributed by atoms with Gasteiger partial charge in [0.25, 0.3) is 0 Å². The van der Waals surface area contributed by atoms with Crippen LogP contribution in [0.1, 0.15) is 43.0 Å². The number of H-pyrrole nitrogens is 1. The summed E-state index contributed by atoms with van der Waals surface area (Å²) in [4.78, 5) is 10.8. The van der Waals surface area contributed by atoms with Crippen molar-refractivity contribution >= 4 is 11.0 Å². The van der Waals surface area contributed by atoms with Gasteiger partial charge in [-0.25, -0.2) is 4.98 Å². The standard InChI is InChI=1S/C16H18N4/c17-9-11-4-5-14-15(8-11)19-16(18-14)12-6-7-20(10-12)13-2-1-3-13/h4-5,8,12-13H,1-3,6-7,10H2,(H,18,19). The van der Waals surface area contributed by atoms with Crippen LogP contribution in [0.2, 0.25) is 0 Å². The molecule has 20 heavy (non-hydrogen) atoms. The lowest BCUT2D eigenvalue weighted by Crippen LogP contribution is -2.38. The second-order valence-corrected chi connectivity index (χ2v) is 6.03. The quantitative estimate of drug-likeness (QED) is 0.909. The highest BCUT2D eigenvalue weighted by Gasteiger charge is 2.33. The van der Waals surface area contributed by atoms with Crippen molar-refractivity contribution in [2.45, 2.75) is 37.6 Å². The number of nitriles is 1. The highest BCUT2D eigenvalue weighted by Crippen LogP contribution is 2.33. The minimum Gasteiger partial charge on any atom is -0.342 e. The minimum absolute atomic E-state index is 0.522. The van der Waals surface area contributed by atoms with E-state index < -0.39 is 0 Å². The molecule has 4 heteroatoms. The number of aromatic amines is 1. The Morgan fingerprint density at radius 3 is 2.95 bits per heavy atom. The summed E-state index contributed by atoms with van der Waals surface area (Å²) in [5.74, 6) is 1.62. The maximum absolute atomic E-state index is 8.95. The van der Waals surface area contributed by atoms with Crippen LogP contribution in [0.5, 0.6) is 0 Å². The van der Waals surface area contributed by atoms with Gasteiger partial charge in [0.15, 0.2) is 0 Å². The lowest BCUT2D eigenvalue weighted by molar-refractivity contribution is 0.157. The second kappa shape index (κ2) is 4.60. The molecule has 0 spiro atoms. The Morgan fingerprint density at radius 2 is 2.20 bits per heavy atom. The lowest BCUT2D eigenvalue weighted by atomic mass is 9.92. The molecule has 1 unspecified atom stereocenters. The number of nitrogens with one attached hydrogen (secondary N) is 1. The minimum atomic E-state index is 0.522. The molecule has 0 amide bonds. The average Bonchev–Trinajstić information content (AvgIpc) is 3.01. The molecule has 1 aliphatic carbocycles. The molecular formula is C16H18N4. The third kappa shape index (κ3) is 1.90. The highest BCUT2D eigenvalue weighted by atomic mass is 15.2. The molecule has 102 valence electrons. The van der Waals surface area contributed by atoms with E-state index in [0.29, 0.717) is 11.5 Å². The van der Waals surface area contributed by atoms with Crippen LogP contribution in [0.15, 0.2) is 18.2 Å². The van der Waals surface area contributed by atoms with Gasteiger partial charge >= 0.3 is 0 Å². The van der Waals surface area contributed by atoms with E-state index in [4.69, 9.17) is 10.2 Å². The number of hydrogen-bond acceptors (Lipinski definition) is 3. The molecule has 2 aliphatic rings. The molecule has 0 bridgehead atoms. The first-order valence-corrected chi connectivity index (χ1v) is 7.47. The normalized spacial score (nSPS) is 23.9. The maximum atomic E-state index is 8.95. The third-order valence-electron chi connectivity index (χ3n) is 4.83. The van der Waals surface area contributed by atoms with Crippen molar-refractivity contribution in [2.75, 3.05) is 13.1 Å². The summed E-state index contributed by atoms with van der Waals surface area (Å²) in [6.45, 7) is 2.34.